The first-order chi connectivity index (χ1) is 16.4. The molecule has 2 fully saturated rings. The van der Waals surface area contributed by atoms with E-state index in [-0.39, 0.29) is 11.7 Å². The molecule has 0 aromatic carbocycles. The van der Waals surface area contributed by atoms with Crippen LogP contribution >= 0.6 is 0 Å². The fourth-order valence-corrected chi connectivity index (χ4v) is 4.53. The molecule has 5 rings (SSSR count). The molecule has 34 heavy (non-hydrogen) atoms. The van der Waals surface area contributed by atoms with Gasteiger partial charge in [-0.15, -0.1) is 0 Å². The molecule has 3 aromatic heterocycles. The molecule has 0 spiro atoms. The lowest BCUT2D eigenvalue weighted by Crippen LogP contribution is -2.49. The van der Waals surface area contributed by atoms with Gasteiger partial charge in [0, 0.05) is 44.5 Å². The SMILES string of the molecule is Cc1nc(Nc2ncc(N3CCN[C@H](C)C3)c(Nc3cc(C)n(C)n3)n2)cc(C2CCC2)c1F. The Balaban J connectivity index is 1.46. The minimum atomic E-state index is -0.202. The fourth-order valence-electron chi connectivity index (χ4n) is 4.53. The van der Waals surface area contributed by atoms with Gasteiger partial charge in [-0.05, 0) is 51.2 Å². The lowest BCUT2D eigenvalue weighted by molar-refractivity contribution is 0.402. The Bertz CT molecular complexity index is 1170. The maximum absolute atomic E-state index is 14.7. The number of aryl methyl sites for hydroxylation is 3. The molecule has 3 N–H and O–H groups in total. The number of piperazine rings is 1. The van der Waals surface area contributed by atoms with Gasteiger partial charge >= 0.3 is 0 Å². The fraction of sp³-hybridized carbons (Fsp3) is 0.500. The molecule has 3 aromatic rings. The minimum Gasteiger partial charge on any atom is -0.364 e. The molecule has 4 heterocycles. The van der Waals surface area contributed by atoms with Crippen LogP contribution in [0.15, 0.2) is 18.3 Å². The van der Waals surface area contributed by atoms with E-state index in [1.165, 1.54) is 0 Å². The van der Waals surface area contributed by atoms with Crippen molar-refractivity contribution < 1.29 is 4.39 Å². The van der Waals surface area contributed by atoms with Gasteiger partial charge in [-0.2, -0.15) is 10.1 Å². The quantitative estimate of drug-likeness (QED) is 0.504. The largest absolute Gasteiger partial charge is 0.364 e. The van der Waals surface area contributed by atoms with Crippen LogP contribution in [0.4, 0.5) is 33.5 Å². The van der Waals surface area contributed by atoms with Crippen LogP contribution in [0.2, 0.25) is 0 Å². The third kappa shape index (κ3) is 4.54. The van der Waals surface area contributed by atoms with E-state index < -0.39 is 0 Å². The molecule has 0 bridgehead atoms. The van der Waals surface area contributed by atoms with Crippen molar-refractivity contribution in [1.29, 1.82) is 0 Å². The second kappa shape index (κ2) is 9.17. The summed E-state index contributed by atoms with van der Waals surface area (Å²) in [5.41, 5.74) is 3.08. The van der Waals surface area contributed by atoms with Crippen LogP contribution in [-0.2, 0) is 7.05 Å². The van der Waals surface area contributed by atoms with E-state index in [0.29, 0.717) is 29.3 Å². The number of halogens is 1. The number of hydrogen-bond donors (Lipinski definition) is 3. The van der Waals surface area contributed by atoms with E-state index in [2.05, 4.69) is 42.8 Å². The number of aromatic nitrogens is 5. The second-order valence-corrected chi connectivity index (χ2v) is 9.40. The van der Waals surface area contributed by atoms with Crippen LogP contribution in [0.1, 0.15) is 49.1 Å². The normalized spacial score (nSPS) is 18.6. The van der Waals surface area contributed by atoms with Crippen molar-refractivity contribution in [3.05, 3.63) is 41.1 Å². The van der Waals surface area contributed by atoms with Crippen molar-refractivity contribution in [3.63, 3.8) is 0 Å². The van der Waals surface area contributed by atoms with Crippen LogP contribution in [0.25, 0.3) is 0 Å². The summed E-state index contributed by atoms with van der Waals surface area (Å²) >= 11 is 0. The highest BCUT2D eigenvalue weighted by Crippen LogP contribution is 2.39. The van der Waals surface area contributed by atoms with Gasteiger partial charge in [0.2, 0.25) is 5.95 Å². The minimum absolute atomic E-state index is 0.202. The van der Waals surface area contributed by atoms with Crippen LogP contribution < -0.4 is 20.9 Å². The standard InChI is InChI=1S/C24H32FN9/c1-14-13-34(9-8-26-14)19-12-27-24(31-23(19)29-21-10-15(2)33(4)32-21)30-20-11-18(17-6-5-7-17)22(25)16(3)28-20/h10-12,14,17,26H,5-9,13H2,1-4H3,(H2,27,28,29,30,31,32)/t14-/m1/s1. The highest BCUT2D eigenvalue weighted by molar-refractivity contribution is 5.72. The first kappa shape index (κ1) is 22.5. The molecule has 180 valence electrons. The van der Waals surface area contributed by atoms with Gasteiger partial charge < -0.3 is 20.9 Å². The molecule has 1 aliphatic heterocycles. The van der Waals surface area contributed by atoms with Gasteiger partial charge in [0.1, 0.15) is 11.6 Å². The van der Waals surface area contributed by atoms with Gasteiger partial charge in [-0.1, -0.05) is 6.42 Å². The number of nitrogens with zero attached hydrogens (tertiary/aromatic N) is 6. The molecule has 0 radical (unpaired) electrons. The van der Waals surface area contributed by atoms with Crippen LogP contribution in [0.3, 0.4) is 0 Å². The first-order valence-electron chi connectivity index (χ1n) is 11.9. The van der Waals surface area contributed by atoms with Crippen LogP contribution in [0.5, 0.6) is 0 Å². The molecular weight excluding hydrogens is 433 g/mol. The van der Waals surface area contributed by atoms with Crippen molar-refractivity contribution in [2.24, 2.45) is 7.05 Å². The highest BCUT2D eigenvalue weighted by Gasteiger charge is 2.25. The molecule has 0 unspecified atom stereocenters. The molecule has 1 saturated heterocycles. The van der Waals surface area contributed by atoms with Crippen molar-refractivity contribution >= 4 is 29.1 Å². The average molecular weight is 466 g/mol. The van der Waals surface area contributed by atoms with Gasteiger partial charge in [-0.25, -0.2) is 14.4 Å². The van der Waals surface area contributed by atoms with Gasteiger partial charge in [0.05, 0.1) is 17.6 Å². The molecule has 2 aliphatic rings. The average Bonchev–Trinajstić information content (AvgIpc) is 3.07. The molecule has 1 aliphatic carbocycles. The van der Waals surface area contributed by atoms with Gasteiger partial charge in [0.15, 0.2) is 11.6 Å². The molecule has 9 nitrogen and oxygen atoms in total. The molecule has 10 heteroatoms. The third-order valence-electron chi connectivity index (χ3n) is 6.78. The Hall–Kier alpha value is -3.27. The monoisotopic (exact) mass is 465 g/mol. The van der Waals surface area contributed by atoms with E-state index in [1.807, 2.05) is 30.9 Å². The van der Waals surface area contributed by atoms with Crippen molar-refractivity contribution in [2.75, 3.05) is 35.2 Å². The van der Waals surface area contributed by atoms with Crippen LogP contribution in [0, 0.1) is 19.7 Å². The van der Waals surface area contributed by atoms with E-state index in [9.17, 15) is 4.39 Å². The van der Waals surface area contributed by atoms with E-state index >= 15 is 0 Å². The third-order valence-corrected chi connectivity index (χ3v) is 6.78. The zero-order chi connectivity index (χ0) is 23.8. The first-order valence-corrected chi connectivity index (χ1v) is 11.9. The Morgan fingerprint density at radius 3 is 2.62 bits per heavy atom. The van der Waals surface area contributed by atoms with E-state index in [0.717, 1.165) is 61.7 Å². The zero-order valence-corrected chi connectivity index (χ0v) is 20.2. The Kier molecular flexibility index (Phi) is 6.07. The summed E-state index contributed by atoms with van der Waals surface area (Å²) < 4.78 is 16.5. The van der Waals surface area contributed by atoms with Crippen molar-refractivity contribution in [3.8, 4) is 0 Å². The van der Waals surface area contributed by atoms with Crippen molar-refractivity contribution in [1.82, 2.24) is 30.0 Å². The predicted molar refractivity (Wildman–Crippen MR) is 132 cm³/mol. The van der Waals surface area contributed by atoms with E-state index in [4.69, 9.17) is 4.98 Å². The summed E-state index contributed by atoms with van der Waals surface area (Å²) in [4.78, 5) is 16.0. The summed E-state index contributed by atoms with van der Waals surface area (Å²) in [5, 5.41) is 14.6. The summed E-state index contributed by atoms with van der Waals surface area (Å²) in [6, 6.07) is 4.15. The summed E-state index contributed by atoms with van der Waals surface area (Å²) in [6.45, 7) is 8.49. The Labute approximate surface area is 199 Å². The number of anilines is 5. The Morgan fingerprint density at radius 1 is 1.12 bits per heavy atom. The van der Waals surface area contributed by atoms with Crippen LogP contribution in [-0.4, -0.2) is 50.4 Å². The van der Waals surface area contributed by atoms with E-state index in [1.54, 1.807) is 13.0 Å². The lowest BCUT2D eigenvalue weighted by Gasteiger charge is -2.34. The smallest absolute Gasteiger partial charge is 0.230 e. The molecule has 0 amide bonds. The summed E-state index contributed by atoms with van der Waals surface area (Å²) in [7, 11) is 1.91. The highest BCUT2D eigenvalue weighted by atomic mass is 19.1. The topological polar surface area (TPSA) is 95.8 Å². The lowest BCUT2D eigenvalue weighted by atomic mass is 9.80. The Morgan fingerprint density at radius 2 is 1.94 bits per heavy atom. The summed E-state index contributed by atoms with van der Waals surface area (Å²) in [5.74, 6) is 2.42. The molecule has 1 saturated carbocycles. The maximum Gasteiger partial charge on any atom is 0.230 e. The molecule has 1 atom stereocenters. The predicted octanol–water partition coefficient (Wildman–Crippen LogP) is 3.91. The number of pyridine rings is 1. The number of nitrogens with one attached hydrogen (secondary N) is 3. The maximum atomic E-state index is 14.7. The van der Waals surface area contributed by atoms with Gasteiger partial charge in [-0.3, -0.25) is 4.68 Å². The zero-order valence-electron chi connectivity index (χ0n) is 20.2. The number of hydrogen-bond acceptors (Lipinski definition) is 8. The number of rotatable bonds is 6. The molecular formula is C24H32FN9. The van der Waals surface area contributed by atoms with Crippen molar-refractivity contribution in [2.45, 2.75) is 52.0 Å². The summed E-state index contributed by atoms with van der Waals surface area (Å²) in [6.07, 6.45) is 5.01. The second-order valence-electron chi connectivity index (χ2n) is 9.40. The van der Waals surface area contributed by atoms with Gasteiger partial charge in [0.25, 0.3) is 0 Å².